The number of carbonyl (C=O) groups is 1. The number of hydrogen-bond donors (Lipinski definition) is 2. The average molecular weight is 427 g/mol. The van der Waals surface area contributed by atoms with Crippen LogP contribution in [0.2, 0.25) is 0 Å². The molecule has 1 atom stereocenters. The van der Waals surface area contributed by atoms with E-state index >= 15 is 0 Å². The summed E-state index contributed by atoms with van der Waals surface area (Å²) in [6.07, 6.45) is 8.23. The van der Waals surface area contributed by atoms with Crippen LogP contribution in [0, 0.1) is 5.92 Å². The maximum atomic E-state index is 12.1. The summed E-state index contributed by atoms with van der Waals surface area (Å²) in [5.41, 5.74) is 3.42. The van der Waals surface area contributed by atoms with Gasteiger partial charge in [-0.1, -0.05) is 0 Å². The third-order valence-electron chi connectivity index (χ3n) is 6.53. The van der Waals surface area contributed by atoms with Crippen LogP contribution in [0.25, 0.3) is 11.3 Å². The summed E-state index contributed by atoms with van der Waals surface area (Å²) in [5, 5.41) is 10.5. The van der Waals surface area contributed by atoms with Gasteiger partial charge < -0.3 is 14.8 Å². The van der Waals surface area contributed by atoms with E-state index in [0.29, 0.717) is 18.9 Å². The summed E-state index contributed by atoms with van der Waals surface area (Å²) in [7, 11) is 1.68. The highest BCUT2D eigenvalue weighted by atomic mass is 16.5. The van der Waals surface area contributed by atoms with Crippen molar-refractivity contribution in [3.63, 3.8) is 0 Å². The third-order valence-corrected chi connectivity index (χ3v) is 6.53. The van der Waals surface area contributed by atoms with Gasteiger partial charge in [0.05, 0.1) is 25.1 Å². The first-order chi connectivity index (χ1) is 15.2. The molecule has 2 aliphatic heterocycles. The Balaban J connectivity index is 1.19. The number of aromatic nitrogens is 2. The Bertz CT molecular complexity index is 822. The van der Waals surface area contributed by atoms with Gasteiger partial charge in [-0.2, -0.15) is 5.10 Å². The van der Waals surface area contributed by atoms with Crippen molar-refractivity contribution in [3.8, 4) is 17.0 Å². The van der Waals surface area contributed by atoms with Crippen molar-refractivity contribution in [2.75, 3.05) is 33.4 Å². The maximum Gasteiger partial charge on any atom is 0.220 e. The lowest BCUT2D eigenvalue weighted by atomic mass is 9.91. The van der Waals surface area contributed by atoms with Gasteiger partial charge >= 0.3 is 0 Å². The summed E-state index contributed by atoms with van der Waals surface area (Å²) in [6, 6.07) is 8.07. The Kier molecular flexibility index (Phi) is 7.59. The molecule has 4 rings (SSSR count). The van der Waals surface area contributed by atoms with Gasteiger partial charge in [0.15, 0.2) is 0 Å². The Morgan fingerprint density at radius 2 is 2.06 bits per heavy atom. The minimum atomic E-state index is 0.167. The van der Waals surface area contributed by atoms with Gasteiger partial charge in [-0.3, -0.25) is 14.8 Å². The standard InChI is InChI=1S/C24H34N4O3/c1-30-21-7-5-19(6-8-21)24-20(15-26-27-24)17-28-12-10-18(11-13-28)4-9-23(29)25-16-22-3-2-14-31-22/h5-8,15,18,22H,2-4,9-14,16-17H2,1H3,(H,25,29)(H,26,27)/t22-/m0/s1. The lowest BCUT2D eigenvalue weighted by Crippen LogP contribution is -2.34. The van der Waals surface area contributed by atoms with E-state index in [1.807, 2.05) is 18.3 Å². The SMILES string of the molecule is COc1ccc(-c2[nH]ncc2CN2CCC(CCC(=O)NC[C@@H]3CCCO3)CC2)cc1. The highest BCUT2D eigenvalue weighted by molar-refractivity contribution is 5.75. The van der Waals surface area contributed by atoms with Gasteiger partial charge in [-0.15, -0.1) is 0 Å². The number of likely N-dealkylation sites (tertiary alicyclic amines) is 1. The predicted molar refractivity (Wildman–Crippen MR) is 120 cm³/mol. The van der Waals surface area contributed by atoms with Crippen LogP contribution in [-0.4, -0.2) is 60.5 Å². The van der Waals surface area contributed by atoms with E-state index in [1.165, 1.54) is 5.56 Å². The van der Waals surface area contributed by atoms with E-state index in [9.17, 15) is 4.79 Å². The molecule has 2 saturated heterocycles. The van der Waals surface area contributed by atoms with Gasteiger partial charge in [0.25, 0.3) is 0 Å². The molecule has 168 valence electrons. The molecule has 3 heterocycles. The molecule has 0 aliphatic carbocycles. The van der Waals surface area contributed by atoms with Gasteiger partial charge in [-0.05, 0) is 75.4 Å². The van der Waals surface area contributed by atoms with E-state index in [4.69, 9.17) is 9.47 Å². The van der Waals surface area contributed by atoms with Crippen LogP contribution in [-0.2, 0) is 16.1 Å². The number of piperidine rings is 1. The first kappa shape index (κ1) is 21.8. The molecule has 1 amide bonds. The molecule has 2 aliphatic rings. The number of hydrogen-bond acceptors (Lipinski definition) is 5. The predicted octanol–water partition coefficient (Wildman–Crippen LogP) is 3.37. The molecular formula is C24H34N4O3. The smallest absolute Gasteiger partial charge is 0.220 e. The van der Waals surface area contributed by atoms with Crippen LogP contribution >= 0.6 is 0 Å². The zero-order valence-electron chi connectivity index (χ0n) is 18.4. The van der Waals surface area contributed by atoms with Crippen LogP contribution in [0.4, 0.5) is 0 Å². The van der Waals surface area contributed by atoms with Gasteiger partial charge in [-0.25, -0.2) is 0 Å². The second-order valence-electron chi connectivity index (χ2n) is 8.70. The molecule has 0 bridgehead atoms. The van der Waals surface area contributed by atoms with Crippen molar-refractivity contribution in [3.05, 3.63) is 36.0 Å². The highest BCUT2D eigenvalue weighted by Gasteiger charge is 2.22. The molecular weight excluding hydrogens is 392 g/mol. The number of benzene rings is 1. The molecule has 31 heavy (non-hydrogen) atoms. The maximum absolute atomic E-state index is 12.1. The molecule has 2 fully saturated rings. The number of nitrogens with zero attached hydrogens (tertiary/aromatic N) is 2. The molecule has 0 radical (unpaired) electrons. The molecule has 7 nitrogen and oxygen atoms in total. The minimum Gasteiger partial charge on any atom is -0.497 e. The third kappa shape index (κ3) is 6.08. The Labute approximate surface area is 184 Å². The fourth-order valence-electron chi connectivity index (χ4n) is 4.57. The summed E-state index contributed by atoms with van der Waals surface area (Å²) in [4.78, 5) is 14.6. The number of rotatable bonds is 9. The van der Waals surface area contributed by atoms with Crippen LogP contribution in [0.1, 0.15) is 44.1 Å². The summed E-state index contributed by atoms with van der Waals surface area (Å²) in [5.74, 6) is 1.66. The fraction of sp³-hybridized carbons (Fsp3) is 0.583. The van der Waals surface area contributed by atoms with Crippen molar-refractivity contribution >= 4 is 5.91 Å². The number of nitrogens with one attached hydrogen (secondary N) is 2. The van der Waals surface area contributed by atoms with Crippen molar-refractivity contribution < 1.29 is 14.3 Å². The van der Waals surface area contributed by atoms with E-state index < -0.39 is 0 Å². The molecule has 0 unspecified atom stereocenters. The molecule has 1 aromatic heterocycles. The van der Waals surface area contributed by atoms with Crippen molar-refractivity contribution in [1.29, 1.82) is 0 Å². The van der Waals surface area contributed by atoms with Crippen LogP contribution in [0.15, 0.2) is 30.5 Å². The fourth-order valence-corrected chi connectivity index (χ4v) is 4.57. The number of H-pyrrole nitrogens is 1. The van der Waals surface area contributed by atoms with E-state index in [0.717, 1.165) is 75.4 Å². The molecule has 0 saturated carbocycles. The number of methoxy groups -OCH3 is 1. The Hall–Kier alpha value is -2.38. The van der Waals surface area contributed by atoms with Crippen molar-refractivity contribution in [1.82, 2.24) is 20.4 Å². The van der Waals surface area contributed by atoms with Crippen molar-refractivity contribution in [2.24, 2.45) is 5.92 Å². The number of aromatic amines is 1. The topological polar surface area (TPSA) is 79.5 Å². The molecule has 1 aromatic carbocycles. The lowest BCUT2D eigenvalue weighted by molar-refractivity contribution is -0.122. The first-order valence-electron chi connectivity index (χ1n) is 11.5. The number of carbonyl (C=O) groups excluding carboxylic acids is 1. The largest absolute Gasteiger partial charge is 0.497 e. The van der Waals surface area contributed by atoms with Gasteiger partial charge in [0, 0.05) is 37.2 Å². The first-order valence-corrected chi connectivity index (χ1v) is 11.5. The average Bonchev–Trinajstić information content (AvgIpc) is 3.49. The second-order valence-corrected chi connectivity index (χ2v) is 8.70. The zero-order valence-corrected chi connectivity index (χ0v) is 18.4. The quantitative estimate of drug-likeness (QED) is 0.643. The number of ether oxygens (including phenoxy) is 2. The Morgan fingerprint density at radius 3 is 2.77 bits per heavy atom. The van der Waals surface area contributed by atoms with Crippen molar-refractivity contribution in [2.45, 2.75) is 51.2 Å². The summed E-state index contributed by atoms with van der Waals surface area (Å²) < 4.78 is 10.8. The van der Waals surface area contributed by atoms with E-state index in [2.05, 4.69) is 32.5 Å². The normalized spacial score (nSPS) is 20.1. The van der Waals surface area contributed by atoms with Crippen LogP contribution in [0.3, 0.4) is 0 Å². The van der Waals surface area contributed by atoms with Crippen LogP contribution in [0.5, 0.6) is 5.75 Å². The van der Waals surface area contributed by atoms with E-state index in [1.54, 1.807) is 7.11 Å². The minimum absolute atomic E-state index is 0.167. The Morgan fingerprint density at radius 1 is 1.26 bits per heavy atom. The van der Waals surface area contributed by atoms with Gasteiger partial charge in [0.2, 0.25) is 5.91 Å². The van der Waals surface area contributed by atoms with Gasteiger partial charge in [0.1, 0.15) is 5.75 Å². The van der Waals surface area contributed by atoms with E-state index in [-0.39, 0.29) is 12.0 Å². The summed E-state index contributed by atoms with van der Waals surface area (Å²) >= 11 is 0. The molecule has 2 N–H and O–H groups in total. The zero-order chi connectivity index (χ0) is 21.5. The second kappa shape index (κ2) is 10.8. The molecule has 2 aromatic rings. The monoisotopic (exact) mass is 426 g/mol. The molecule has 0 spiro atoms. The summed E-state index contributed by atoms with van der Waals surface area (Å²) in [6.45, 7) is 4.52. The number of amides is 1. The molecule has 7 heteroatoms. The highest BCUT2D eigenvalue weighted by Crippen LogP contribution is 2.27. The van der Waals surface area contributed by atoms with Crippen LogP contribution < -0.4 is 10.1 Å². The lowest BCUT2D eigenvalue weighted by Gasteiger charge is -2.31.